The third-order valence-corrected chi connectivity index (χ3v) is 4.26. The summed E-state index contributed by atoms with van der Waals surface area (Å²) >= 11 is 0. The van der Waals surface area contributed by atoms with Gasteiger partial charge in [0.05, 0.1) is 17.1 Å². The van der Waals surface area contributed by atoms with Gasteiger partial charge >= 0.3 is 0 Å². The largest absolute Gasteiger partial charge is 0.392 e. The molecule has 0 aliphatic carbocycles. The average molecular weight is 352 g/mol. The number of carbonyl (C=O) groups is 1. The van der Waals surface area contributed by atoms with Crippen molar-refractivity contribution < 1.29 is 9.90 Å². The van der Waals surface area contributed by atoms with E-state index in [1.807, 2.05) is 60.9 Å². The number of aliphatic hydroxyl groups excluding tert-OH is 1. The Hall–Kier alpha value is -2.86. The van der Waals surface area contributed by atoms with Crippen LogP contribution in [-0.4, -0.2) is 33.2 Å². The van der Waals surface area contributed by atoms with Gasteiger partial charge in [-0.3, -0.25) is 4.79 Å². The van der Waals surface area contributed by atoms with E-state index in [9.17, 15) is 9.90 Å². The van der Waals surface area contributed by atoms with E-state index in [1.54, 1.807) is 6.92 Å². The number of imidazole rings is 1. The molecule has 0 fully saturated rings. The zero-order valence-electron chi connectivity index (χ0n) is 15.3. The predicted molar refractivity (Wildman–Crippen MR) is 104 cm³/mol. The highest BCUT2D eigenvalue weighted by atomic mass is 16.3. The fourth-order valence-electron chi connectivity index (χ4n) is 2.94. The van der Waals surface area contributed by atoms with Crippen molar-refractivity contribution in [2.45, 2.75) is 33.4 Å². The monoisotopic (exact) mass is 352 g/mol. The minimum absolute atomic E-state index is 0.120. The summed E-state index contributed by atoms with van der Waals surface area (Å²) in [4.78, 5) is 17.2. The van der Waals surface area contributed by atoms with Gasteiger partial charge in [0.15, 0.2) is 0 Å². The second-order valence-electron chi connectivity index (χ2n) is 6.56. The van der Waals surface area contributed by atoms with Crippen LogP contribution in [0.3, 0.4) is 0 Å². The van der Waals surface area contributed by atoms with Gasteiger partial charge in [0.25, 0.3) is 0 Å². The molecule has 2 aromatic carbocycles. The maximum absolute atomic E-state index is 12.7. The molecule has 0 spiro atoms. The Morgan fingerprint density at radius 2 is 1.85 bits per heavy atom. The highest BCUT2D eigenvalue weighted by Gasteiger charge is 2.15. The predicted octanol–water partition coefficient (Wildman–Crippen LogP) is 3.08. The van der Waals surface area contributed by atoms with Gasteiger partial charge < -0.3 is 20.3 Å². The van der Waals surface area contributed by atoms with Gasteiger partial charge in [0.1, 0.15) is 6.54 Å². The number of para-hydroxylation sites is 3. The number of rotatable bonds is 6. The van der Waals surface area contributed by atoms with Crippen LogP contribution in [0.15, 0.2) is 42.5 Å². The molecule has 3 aromatic rings. The van der Waals surface area contributed by atoms with Crippen molar-refractivity contribution in [3.05, 3.63) is 53.6 Å². The van der Waals surface area contributed by atoms with E-state index in [0.717, 1.165) is 27.8 Å². The number of nitrogens with zero attached hydrogens (tertiary/aromatic N) is 2. The lowest BCUT2D eigenvalue weighted by Gasteiger charge is -2.14. The number of anilines is 2. The van der Waals surface area contributed by atoms with Crippen molar-refractivity contribution in [1.82, 2.24) is 9.55 Å². The van der Waals surface area contributed by atoms with E-state index in [2.05, 4.69) is 15.6 Å². The number of hydrogen-bond acceptors (Lipinski definition) is 4. The molecule has 1 heterocycles. The lowest BCUT2D eigenvalue weighted by Crippen LogP contribution is -2.23. The van der Waals surface area contributed by atoms with Crippen molar-refractivity contribution in [3.8, 4) is 0 Å². The van der Waals surface area contributed by atoms with E-state index >= 15 is 0 Å². The minimum atomic E-state index is -0.508. The Bertz CT molecular complexity index is 910. The first-order chi connectivity index (χ1) is 12.5. The molecule has 1 atom stereocenters. The lowest BCUT2D eigenvalue weighted by atomic mass is 10.1. The van der Waals surface area contributed by atoms with Crippen LogP contribution < -0.4 is 10.6 Å². The van der Waals surface area contributed by atoms with E-state index in [-0.39, 0.29) is 12.5 Å². The average Bonchev–Trinajstić information content (AvgIpc) is 2.94. The molecular formula is C20H24N4O2. The van der Waals surface area contributed by atoms with Crippen LogP contribution in [0.25, 0.3) is 11.0 Å². The Morgan fingerprint density at radius 3 is 2.54 bits per heavy atom. The summed E-state index contributed by atoms with van der Waals surface area (Å²) in [6.45, 7) is 6.15. The number of aliphatic hydroxyl groups is 1. The van der Waals surface area contributed by atoms with Crippen molar-refractivity contribution in [2.75, 3.05) is 17.2 Å². The van der Waals surface area contributed by atoms with E-state index < -0.39 is 6.10 Å². The number of aryl methyl sites for hydroxylation is 2. The molecule has 3 N–H and O–H groups in total. The number of benzene rings is 2. The van der Waals surface area contributed by atoms with E-state index in [4.69, 9.17) is 0 Å². The Labute approximate surface area is 152 Å². The maximum atomic E-state index is 12.7. The van der Waals surface area contributed by atoms with Crippen molar-refractivity contribution in [3.63, 3.8) is 0 Å². The fourth-order valence-corrected chi connectivity index (χ4v) is 2.94. The lowest BCUT2D eigenvalue weighted by molar-refractivity contribution is -0.116. The van der Waals surface area contributed by atoms with Crippen LogP contribution in [0.2, 0.25) is 0 Å². The van der Waals surface area contributed by atoms with Crippen molar-refractivity contribution >= 4 is 28.6 Å². The molecule has 0 radical (unpaired) electrons. The van der Waals surface area contributed by atoms with Gasteiger partial charge in [-0.2, -0.15) is 0 Å². The number of fused-ring (bicyclic) bond motifs is 1. The fraction of sp³-hybridized carbons (Fsp3) is 0.300. The first-order valence-corrected chi connectivity index (χ1v) is 8.69. The standard InChI is InChI=1S/C20H24N4O2/c1-13-7-6-8-14(2)19(13)23-18(26)12-24-17-10-5-4-9-16(17)22-20(24)21-11-15(3)25/h4-10,15,25H,11-12H2,1-3H3,(H,21,22)(H,23,26)/t15-/m1/s1. The molecule has 1 amide bonds. The Balaban J connectivity index is 1.87. The summed E-state index contributed by atoms with van der Waals surface area (Å²) in [5.41, 5.74) is 4.58. The molecule has 6 nitrogen and oxygen atoms in total. The molecular weight excluding hydrogens is 328 g/mol. The van der Waals surface area contributed by atoms with Crippen LogP contribution in [0, 0.1) is 13.8 Å². The molecule has 0 saturated heterocycles. The number of carbonyl (C=O) groups excluding carboxylic acids is 1. The Kier molecular flexibility index (Phi) is 5.23. The van der Waals surface area contributed by atoms with Gasteiger partial charge in [-0.25, -0.2) is 4.98 Å². The van der Waals surface area contributed by atoms with Crippen molar-refractivity contribution in [1.29, 1.82) is 0 Å². The first kappa shape index (κ1) is 17.9. The molecule has 0 saturated carbocycles. The number of nitrogens with one attached hydrogen (secondary N) is 2. The first-order valence-electron chi connectivity index (χ1n) is 8.69. The molecule has 1 aromatic heterocycles. The van der Waals surface area contributed by atoms with Gasteiger partial charge in [-0.15, -0.1) is 0 Å². The number of hydrogen-bond donors (Lipinski definition) is 3. The van der Waals surface area contributed by atoms with Crippen LogP contribution in [-0.2, 0) is 11.3 Å². The number of amides is 1. The summed E-state index contributed by atoms with van der Waals surface area (Å²) in [5, 5.41) is 15.7. The van der Waals surface area contributed by atoms with Gasteiger partial charge in [0, 0.05) is 12.2 Å². The molecule has 0 aliphatic rings. The maximum Gasteiger partial charge on any atom is 0.244 e. The second-order valence-corrected chi connectivity index (χ2v) is 6.56. The number of aromatic nitrogens is 2. The third-order valence-electron chi connectivity index (χ3n) is 4.26. The van der Waals surface area contributed by atoms with Crippen LogP contribution in [0.5, 0.6) is 0 Å². The zero-order valence-corrected chi connectivity index (χ0v) is 15.3. The summed E-state index contributed by atoms with van der Waals surface area (Å²) in [6, 6.07) is 13.6. The topological polar surface area (TPSA) is 79.2 Å². The summed E-state index contributed by atoms with van der Waals surface area (Å²) in [7, 11) is 0. The highest BCUT2D eigenvalue weighted by Crippen LogP contribution is 2.22. The van der Waals surface area contributed by atoms with Crippen LogP contribution in [0.4, 0.5) is 11.6 Å². The van der Waals surface area contributed by atoms with E-state index in [0.29, 0.717) is 12.5 Å². The molecule has 3 rings (SSSR count). The third kappa shape index (κ3) is 3.86. The smallest absolute Gasteiger partial charge is 0.244 e. The quantitative estimate of drug-likeness (QED) is 0.637. The molecule has 0 bridgehead atoms. The summed E-state index contributed by atoms with van der Waals surface area (Å²) in [6.07, 6.45) is -0.508. The zero-order chi connectivity index (χ0) is 18.7. The second kappa shape index (κ2) is 7.58. The van der Waals surface area contributed by atoms with Crippen LogP contribution >= 0.6 is 0 Å². The summed E-state index contributed by atoms with van der Waals surface area (Å²) in [5.74, 6) is 0.453. The minimum Gasteiger partial charge on any atom is -0.392 e. The Morgan fingerprint density at radius 1 is 1.15 bits per heavy atom. The highest BCUT2D eigenvalue weighted by molar-refractivity contribution is 5.93. The molecule has 26 heavy (non-hydrogen) atoms. The SMILES string of the molecule is Cc1cccc(C)c1NC(=O)Cn1c(NC[C@@H](C)O)nc2ccccc21. The van der Waals surface area contributed by atoms with Crippen molar-refractivity contribution in [2.24, 2.45) is 0 Å². The summed E-state index contributed by atoms with van der Waals surface area (Å²) < 4.78 is 1.83. The van der Waals surface area contributed by atoms with Crippen LogP contribution in [0.1, 0.15) is 18.1 Å². The van der Waals surface area contributed by atoms with Gasteiger partial charge in [0.2, 0.25) is 11.9 Å². The molecule has 136 valence electrons. The molecule has 0 aliphatic heterocycles. The normalized spacial score (nSPS) is 12.2. The van der Waals surface area contributed by atoms with Gasteiger partial charge in [-0.1, -0.05) is 30.3 Å². The van der Waals surface area contributed by atoms with E-state index in [1.165, 1.54) is 0 Å². The molecule has 6 heteroatoms. The molecule has 0 unspecified atom stereocenters. The van der Waals surface area contributed by atoms with Gasteiger partial charge in [-0.05, 0) is 44.0 Å².